The molecule has 2 aromatic rings. The van der Waals surface area contributed by atoms with Crippen molar-refractivity contribution in [2.45, 2.75) is 52.1 Å². The highest BCUT2D eigenvalue weighted by atomic mass is 79.9. The number of nitrogens with zero attached hydrogens (tertiary/aromatic N) is 1. The van der Waals surface area contributed by atoms with E-state index in [2.05, 4.69) is 53.9 Å². The molecule has 2 heterocycles. The Labute approximate surface area is 173 Å². The van der Waals surface area contributed by atoms with E-state index in [1.165, 1.54) is 0 Å². The van der Waals surface area contributed by atoms with Crippen LogP contribution in [0.1, 0.15) is 61.0 Å². The number of fused-ring (bicyclic) bond motifs is 1. The first kappa shape index (κ1) is 20.2. The quantitative estimate of drug-likeness (QED) is 0.489. The molecule has 0 fully saturated rings. The summed E-state index contributed by atoms with van der Waals surface area (Å²) in [6.07, 6.45) is 2.57. The van der Waals surface area contributed by atoms with E-state index in [9.17, 15) is 4.79 Å². The zero-order valence-corrected chi connectivity index (χ0v) is 18.8. The first-order valence-electron chi connectivity index (χ1n) is 9.05. The lowest BCUT2D eigenvalue weighted by Crippen LogP contribution is -2.55. The van der Waals surface area contributed by atoms with Gasteiger partial charge in [0.2, 0.25) is 0 Å². The summed E-state index contributed by atoms with van der Waals surface area (Å²) >= 11 is 5.02. The molecule has 0 unspecified atom stereocenters. The predicted molar refractivity (Wildman–Crippen MR) is 116 cm³/mol. The van der Waals surface area contributed by atoms with E-state index in [1.807, 2.05) is 31.2 Å². The van der Waals surface area contributed by atoms with Crippen LogP contribution in [0.2, 0.25) is 0 Å². The maximum atomic E-state index is 12.8. The van der Waals surface area contributed by atoms with Crippen LogP contribution in [0.4, 0.5) is 5.00 Å². The SMILES string of the molecule is CCOC(=O)c1c(/N=C/c2ccc(Br)cc2)sc2c1CC(C)(C)NC2(C)C. The molecule has 27 heavy (non-hydrogen) atoms. The molecule has 4 nitrogen and oxygen atoms in total. The van der Waals surface area contributed by atoms with E-state index < -0.39 is 0 Å². The Morgan fingerprint density at radius 1 is 1.30 bits per heavy atom. The van der Waals surface area contributed by atoms with Gasteiger partial charge in [-0.25, -0.2) is 9.79 Å². The van der Waals surface area contributed by atoms with Crippen molar-refractivity contribution in [1.82, 2.24) is 5.32 Å². The lowest BCUT2D eigenvalue weighted by molar-refractivity contribution is 0.0525. The molecular formula is C21H25BrN2O2S. The molecule has 3 rings (SSSR count). The number of esters is 1. The number of ether oxygens (including phenoxy) is 1. The molecule has 0 radical (unpaired) electrons. The normalized spacial score (nSPS) is 17.7. The number of hydrogen-bond acceptors (Lipinski definition) is 5. The van der Waals surface area contributed by atoms with Crippen molar-refractivity contribution >= 4 is 44.5 Å². The molecule has 0 aliphatic carbocycles. The summed E-state index contributed by atoms with van der Waals surface area (Å²) in [5.74, 6) is -0.286. The largest absolute Gasteiger partial charge is 0.462 e. The second kappa shape index (κ2) is 7.49. The Morgan fingerprint density at radius 2 is 1.96 bits per heavy atom. The van der Waals surface area contributed by atoms with Crippen LogP contribution in [-0.2, 0) is 16.7 Å². The Morgan fingerprint density at radius 3 is 2.59 bits per heavy atom. The third-order valence-corrected chi connectivity index (χ3v) is 6.50. The highest BCUT2D eigenvalue weighted by Gasteiger charge is 2.41. The topological polar surface area (TPSA) is 50.7 Å². The molecule has 1 N–H and O–H groups in total. The van der Waals surface area contributed by atoms with Crippen LogP contribution < -0.4 is 5.32 Å². The summed E-state index contributed by atoms with van der Waals surface area (Å²) in [4.78, 5) is 18.6. The van der Waals surface area contributed by atoms with Gasteiger partial charge in [0.25, 0.3) is 0 Å². The second-order valence-electron chi connectivity index (χ2n) is 7.93. The summed E-state index contributed by atoms with van der Waals surface area (Å²) in [5.41, 5.74) is 2.33. The van der Waals surface area contributed by atoms with E-state index in [0.29, 0.717) is 17.2 Å². The summed E-state index contributed by atoms with van der Waals surface area (Å²) in [6.45, 7) is 10.8. The lowest BCUT2D eigenvalue weighted by atomic mass is 9.81. The van der Waals surface area contributed by atoms with Gasteiger partial charge in [-0.15, -0.1) is 11.3 Å². The summed E-state index contributed by atoms with van der Waals surface area (Å²) in [7, 11) is 0. The van der Waals surface area contributed by atoms with Crippen molar-refractivity contribution in [3.8, 4) is 0 Å². The highest BCUT2D eigenvalue weighted by Crippen LogP contribution is 2.46. The minimum Gasteiger partial charge on any atom is -0.462 e. The Kier molecular flexibility index (Phi) is 5.62. The van der Waals surface area contributed by atoms with Gasteiger partial charge in [0.1, 0.15) is 5.00 Å². The minimum absolute atomic E-state index is 0.106. The standard InChI is InChI=1S/C21H25BrN2O2S/c1-6-26-19(25)16-15-11-20(2,3)24-21(4,5)17(15)27-18(16)23-12-13-7-9-14(22)10-8-13/h7-10,12,24H,6,11H2,1-5H3/b23-12+. The Bertz CT molecular complexity index is 882. The zero-order valence-electron chi connectivity index (χ0n) is 16.4. The summed E-state index contributed by atoms with van der Waals surface area (Å²) in [6, 6.07) is 7.92. The van der Waals surface area contributed by atoms with Crippen LogP contribution in [0.5, 0.6) is 0 Å². The van der Waals surface area contributed by atoms with Gasteiger partial charge in [0, 0.05) is 26.6 Å². The number of hydrogen-bond donors (Lipinski definition) is 1. The van der Waals surface area contributed by atoms with E-state index in [1.54, 1.807) is 17.6 Å². The number of nitrogens with one attached hydrogen (secondary N) is 1. The zero-order chi connectivity index (χ0) is 19.8. The fourth-order valence-corrected chi connectivity index (χ4v) is 5.18. The number of halogens is 1. The van der Waals surface area contributed by atoms with Gasteiger partial charge in [-0.2, -0.15) is 0 Å². The maximum Gasteiger partial charge on any atom is 0.341 e. The molecule has 0 saturated heterocycles. The molecule has 144 valence electrons. The van der Waals surface area contributed by atoms with Gasteiger partial charge in [-0.3, -0.25) is 0 Å². The fraction of sp³-hybridized carbons (Fsp3) is 0.429. The summed E-state index contributed by atoms with van der Waals surface area (Å²) in [5, 5.41) is 4.40. The summed E-state index contributed by atoms with van der Waals surface area (Å²) < 4.78 is 6.39. The number of carbonyl (C=O) groups is 1. The molecule has 0 bridgehead atoms. The van der Waals surface area contributed by atoms with Crippen molar-refractivity contribution in [3.63, 3.8) is 0 Å². The molecule has 1 aromatic carbocycles. The molecule has 1 aliphatic heterocycles. The number of benzene rings is 1. The van der Waals surface area contributed by atoms with Crippen molar-refractivity contribution in [3.05, 3.63) is 50.3 Å². The molecule has 6 heteroatoms. The van der Waals surface area contributed by atoms with Crippen molar-refractivity contribution in [2.75, 3.05) is 6.61 Å². The van der Waals surface area contributed by atoms with Crippen LogP contribution in [0.3, 0.4) is 0 Å². The third-order valence-electron chi connectivity index (χ3n) is 4.51. The van der Waals surface area contributed by atoms with Gasteiger partial charge < -0.3 is 10.1 Å². The van der Waals surface area contributed by atoms with Crippen molar-refractivity contribution in [1.29, 1.82) is 0 Å². The van der Waals surface area contributed by atoms with E-state index in [0.717, 1.165) is 26.9 Å². The average Bonchev–Trinajstić information content (AvgIpc) is 2.92. The average molecular weight is 449 g/mol. The molecule has 0 saturated carbocycles. The van der Waals surface area contributed by atoms with Crippen LogP contribution in [0.15, 0.2) is 33.7 Å². The predicted octanol–water partition coefficient (Wildman–Crippen LogP) is 5.60. The van der Waals surface area contributed by atoms with E-state index >= 15 is 0 Å². The molecular weight excluding hydrogens is 424 g/mol. The first-order chi connectivity index (χ1) is 12.6. The number of aliphatic imine (C=N–C) groups is 1. The Hall–Kier alpha value is -1.50. The van der Waals surface area contributed by atoms with Gasteiger partial charge in [0.15, 0.2) is 0 Å². The van der Waals surface area contributed by atoms with Crippen LogP contribution in [0, 0.1) is 0 Å². The van der Waals surface area contributed by atoms with E-state index in [-0.39, 0.29) is 17.0 Å². The molecule has 1 aliphatic rings. The monoisotopic (exact) mass is 448 g/mol. The molecule has 1 aromatic heterocycles. The lowest BCUT2D eigenvalue weighted by Gasteiger charge is -2.42. The number of carbonyl (C=O) groups excluding carboxylic acids is 1. The number of thiophene rings is 1. The number of rotatable bonds is 4. The Balaban J connectivity index is 2.09. The van der Waals surface area contributed by atoms with Crippen LogP contribution in [-0.4, -0.2) is 24.3 Å². The van der Waals surface area contributed by atoms with Crippen LogP contribution in [0.25, 0.3) is 0 Å². The van der Waals surface area contributed by atoms with Crippen molar-refractivity contribution < 1.29 is 9.53 Å². The molecule has 0 amide bonds. The first-order valence-corrected chi connectivity index (χ1v) is 10.7. The van der Waals surface area contributed by atoms with Gasteiger partial charge >= 0.3 is 5.97 Å². The van der Waals surface area contributed by atoms with Gasteiger partial charge in [-0.1, -0.05) is 28.1 Å². The highest BCUT2D eigenvalue weighted by molar-refractivity contribution is 9.10. The fourth-order valence-electron chi connectivity index (χ4n) is 3.70. The minimum atomic E-state index is -0.286. The second-order valence-corrected chi connectivity index (χ2v) is 9.85. The van der Waals surface area contributed by atoms with Gasteiger partial charge in [-0.05, 0) is 64.3 Å². The molecule has 0 atom stereocenters. The van der Waals surface area contributed by atoms with Gasteiger partial charge in [0.05, 0.1) is 12.2 Å². The third kappa shape index (κ3) is 4.33. The smallest absolute Gasteiger partial charge is 0.341 e. The van der Waals surface area contributed by atoms with E-state index in [4.69, 9.17) is 4.74 Å². The molecule has 0 spiro atoms. The maximum absolute atomic E-state index is 12.8. The van der Waals surface area contributed by atoms with Crippen LogP contribution >= 0.6 is 27.3 Å². The van der Waals surface area contributed by atoms with Crippen molar-refractivity contribution in [2.24, 2.45) is 4.99 Å².